The predicted octanol–water partition coefficient (Wildman–Crippen LogP) is 1.68. The molecular formula is C14H11N3O3. The molecule has 2 rings (SSSR count). The molecule has 1 amide bonds. The van der Waals surface area contributed by atoms with Crippen LogP contribution in [0.15, 0.2) is 52.2 Å². The minimum Gasteiger partial charge on any atom is -0.482 e. The molecule has 0 unspecified atom stereocenters. The largest absolute Gasteiger partial charge is 0.482 e. The van der Waals surface area contributed by atoms with E-state index in [0.717, 1.165) is 0 Å². The minimum absolute atomic E-state index is 0.228. The van der Waals surface area contributed by atoms with Gasteiger partial charge in [0.15, 0.2) is 6.61 Å². The molecule has 0 spiro atoms. The number of para-hydroxylation sites is 1. The lowest BCUT2D eigenvalue weighted by molar-refractivity contribution is -0.123. The molecule has 0 saturated carbocycles. The summed E-state index contributed by atoms with van der Waals surface area (Å²) in [5, 5.41) is 12.6. The minimum atomic E-state index is -0.430. The van der Waals surface area contributed by atoms with Crippen molar-refractivity contribution in [1.29, 1.82) is 5.26 Å². The Bertz CT molecular complexity index is 642. The summed E-state index contributed by atoms with van der Waals surface area (Å²) in [7, 11) is 0. The van der Waals surface area contributed by atoms with Crippen LogP contribution in [0.5, 0.6) is 5.75 Å². The van der Waals surface area contributed by atoms with Crippen molar-refractivity contribution in [3.63, 3.8) is 0 Å². The van der Waals surface area contributed by atoms with Crippen LogP contribution in [0.3, 0.4) is 0 Å². The molecule has 0 atom stereocenters. The fraction of sp³-hybridized carbons (Fsp3) is 0.0714. The summed E-state index contributed by atoms with van der Waals surface area (Å²) < 4.78 is 10.3. The van der Waals surface area contributed by atoms with Gasteiger partial charge in [-0.05, 0) is 24.3 Å². The highest BCUT2D eigenvalue weighted by atomic mass is 16.5. The number of nitrogens with one attached hydrogen (secondary N) is 1. The van der Waals surface area contributed by atoms with Crippen LogP contribution >= 0.6 is 0 Å². The molecule has 0 radical (unpaired) electrons. The molecule has 0 saturated heterocycles. The average molecular weight is 269 g/mol. The molecule has 0 bridgehead atoms. The van der Waals surface area contributed by atoms with Crippen LogP contribution in [0.25, 0.3) is 0 Å². The average Bonchev–Trinajstić information content (AvgIpc) is 2.98. The first-order chi connectivity index (χ1) is 9.79. The van der Waals surface area contributed by atoms with Gasteiger partial charge in [0.25, 0.3) is 5.91 Å². The van der Waals surface area contributed by atoms with E-state index in [1.807, 2.05) is 6.07 Å². The van der Waals surface area contributed by atoms with Gasteiger partial charge in [0.2, 0.25) is 0 Å². The van der Waals surface area contributed by atoms with E-state index in [9.17, 15) is 4.79 Å². The Labute approximate surface area is 115 Å². The van der Waals surface area contributed by atoms with Crippen LogP contribution in [0.2, 0.25) is 0 Å². The van der Waals surface area contributed by atoms with E-state index in [2.05, 4.69) is 10.5 Å². The molecule has 6 nitrogen and oxygen atoms in total. The number of hydrogen-bond donors (Lipinski definition) is 1. The summed E-state index contributed by atoms with van der Waals surface area (Å²) in [5.74, 6) is 0.460. The quantitative estimate of drug-likeness (QED) is 0.660. The SMILES string of the molecule is N#Cc1ccccc1OCC(=O)N/N=C\c1ccco1. The highest BCUT2D eigenvalue weighted by molar-refractivity contribution is 5.81. The Balaban J connectivity index is 1.82. The monoisotopic (exact) mass is 269 g/mol. The molecule has 20 heavy (non-hydrogen) atoms. The number of carbonyl (C=O) groups is 1. The molecule has 2 aromatic rings. The number of rotatable bonds is 5. The molecule has 0 fully saturated rings. The molecular weight excluding hydrogens is 258 g/mol. The van der Waals surface area contributed by atoms with Gasteiger partial charge in [-0.15, -0.1) is 0 Å². The number of furan rings is 1. The molecule has 100 valence electrons. The van der Waals surface area contributed by atoms with Crippen molar-refractivity contribution in [3.05, 3.63) is 54.0 Å². The topological polar surface area (TPSA) is 87.6 Å². The second-order valence-electron chi connectivity index (χ2n) is 3.71. The number of carbonyl (C=O) groups excluding carboxylic acids is 1. The lowest BCUT2D eigenvalue weighted by atomic mass is 10.2. The fourth-order valence-corrected chi connectivity index (χ4v) is 1.39. The van der Waals surface area contributed by atoms with E-state index in [-0.39, 0.29) is 6.61 Å². The van der Waals surface area contributed by atoms with E-state index < -0.39 is 5.91 Å². The van der Waals surface area contributed by atoms with Gasteiger partial charge >= 0.3 is 0 Å². The standard InChI is InChI=1S/C14H11N3O3/c15-8-11-4-1-2-6-13(11)20-10-14(18)17-16-9-12-5-3-7-19-12/h1-7,9H,10H2,(H,17,18)/b16-9-. The fourth-order valence-electron chi connectivity index (χ4n) is 1.39. The van der Waals surface area contributed by atoms with E-state index >= 15 is 0 Å². The molecule has 1 aromatic heterocycles. The lowest BCUT2D eigenvalue weighted by Crippen LogP contribution is -2.24. The van der Waals surface area contributed by atoms with E-state index in [0.29, 0.717) is 17.1 Å². The number of ether oxygens (including phenoxy) is 1. The van der Waals surface area contributed by atoms with Gasteiger partial charge in [0.05, 0.1) is 18.0 Å². The molecule has 0 aliphatic carbocycles. The van der Waals surface area contributed by atoms with Crippen LogP contribution < -0.4 is 10.2 Å². The zero-order valence-corrected chi connectivity index (χ0v) is 10.4. The van der Waals surface area contributed by atoms with E-state index in [4.69, 9.17) is 14.4 Å². The van der Waals surface area contributed by atoms with Gasteiger partial charge in [0.1, 0.15) is 17.6 Å². The number of nitrogens with zero attached hydrogens (tertiary/aromatic N) is 2. The first-order valence-corrected chi connectivity index (χ1v) is 5.77. The molecule has 1 N–H and O–H groups in total. The summed E-state index contributed by atoms with van der Waals surface area (Å²) in [5.41, 5.74) is 2.67. The zero-order chi connectivity index (χ0) is 14.2. The molecule has 0 aliphatic heterocycles. The van der Waals surface area contributed by atoms with Crippen LogP contribution in [0.4, 0.5) is 0 Å². The maximum atomic E-state index is 11.5. The van der Waals surface area contributed by atoms with Gasteiger partial charge in [-0.2, -0.15) is 10.4 Å². The highest BCUT2D eigenvalue weighted by Gasteiger charge is 2.05. The number of hydrogen-bond acceptors (Lipinski definition) is 5. The second-order valence-corrected chi connectivity index (χ2v) is 3.71. The Hall–Kier alpha value is -3.07. The summed E-state index contributed by atoms with van der Waals surface area (Å²) in [4.78, 5) is 11.5. The Morgan fingerprint density at radius 2 is 2.25 bits per heavy atom. The number of hydrazone groups is 1. The summed E-state index contributed by atoms with van der Waals surface area (Å²) >= 11 is 0. The van der Waals surface area contributed by atoms with Crippen molar-refractivity contribution in [3.8, 4) is 11.8 Å². The van der Waals surface area contributed by atoms with Gasteiger partial charge < -0.3 is 9.15 Å². The third-order valence-corrected chi connectivity index (χ3v) is 2.29. The number of amides is 1. The van der Waals surface area contributed by atoms with Crippen molar-refractivity contribution in [2.45, 2.75) is 0 Å². The number of benzene rings is 1. The van der Waals surface area contributed by atoms with Crippen LogP contribution in [0.1, 0.15) is 11.3 Å². The maximum Gasteiger partial charge on any atom is 0.277 e. The third-order valence-electron chi connectivity index (χ3n) is 2.29. The second kappa shape index (κ2) is 6.75. The van der Waals surface area contributed by atoms with Crippen molar-refractivity contribution < 1.29 is 13.9 Å². The van der Waals surface area contributed by atoms with Crippen LogP contribution in [-0.2, 0) is 4.79 Å². The zero-order valence-electron chi connectivity index (χ0n) is 10.4. The van der Waals surface area contributed by atoms with Gasteiger partial charge in [-0.25, -0.2) is 5.43 Å². The molecule has 6 heteroatoms. The van der Waals surface area contributed by atoms with Crippen LogP contribution in [-0.4, -0.2) is 18.7 Å². The van der Waals surface area contributed by atoms with Crippen molar-refractivity contribution >= 4 is 12.1 Å². The lowest BCUT2D eigenvalue weighted by Gasteiger charge is -2.05. The highest BCUT2D eigenvalue weighted by Crippen LogP contribution is 2.15. The summed E-state index contributed by atoms with van der Waals surface area (Å²) in [6.07, 6.45) is 2.88. The van der Waals surface area contributed by atoms with Crippen molar-refractivity contribution in [2.24, 2.45) is 5.10 Å². The molecule has 0 aliphatic rings. The third kappa shape index (κ3) is 3.71. The van der Waals surface area contributed by atoms with Crippen molar-refractivity contribution in [2.75, 3.05) is 6.61 Å². The first-order valence-electron chi connectivity index (χ1n) is 5.77. The van der Waals surface area contributed by atoms with E-state index in [1.165, 1.54) is 12.5 Å². The predicted molar refractivity (Wildman–Crippen MR) is 71.1 cm³/mol. The molecule has 1 heterocycles. The van der Waals surface area contributed by atoms with Gasteiger partial charge in [0, 0.05) is 0 Å². The van der Waals surface area contributed by atoms with Crippen molar-refractivity contribution in [1.82, 2.24) is 5.43 Å². The van der Waals surface area contributed by atoms with Gasteiger partial charge in [-0.1, -0.05) is 12.1 Å². The smallest absolute Gasteiger partial charge is 0.277 e. The molecule has 1 aromatic carbocycles. The maximum absolute atomic E-state index is 11.5. The Morgan fingerprint density at radius 1 is 1.40 bits per heavy atom. The first kappa shape index (κ1) is 13.4. The Morgan fingerprint density at radius 3 is 3.00 bits per heavy atom. The Kier molecular flexibility index (Phi) is 4.51. The van der Waals surface area contributed by atoms with E-state index in [1.54, 1.807) is 36.4 Å². The number of nitriles is 1. The van der Waals surface area contributed by atoms with Crippen LogP contribution in [0, 0.1) is 11.3 Å². The normalized spacial score (nSPS) is 10.2. The summed E-state index contributed by atoms with van der Waals surface area (Å²) in [6, 6.07) is 12.1. The van der Waals surface area contributed by atoms with Gasteiger partial charge in [-0.3, -0.25) is 4.79 Å². The summed E-state index contributed by atoms with van der Waals surface area (Å²) in [6.45, 7) is -0.228.